The van der Waals surface area contributed by atoms with Gasteiger partial charge in [-0.2, -0.15) is 0 Å². The van der Waals surface area contributed by atoms with Crippen molar-refractivity contribution in [3.63, 3.8) is 0 Å². The molecule has 0 atom stereocenters. The molecular weight excluding hydrogens is 332 g/mol. The molecule has 0 radical (unpaired) electrons. The van der Waals surface area contributed by atoms with Crippen LogP contribution in [-0.4, -0.2) is 34.8 Å². The number of nitrogens with zero attached hydrogens (tertiary/aromatic N) is 1. The highest BCUT2D eigenvalue weighted by Gasteiger charge is 2.51. The van der Waals surface area contributed by atoms with Gasteiger partial charge in [-0.05, 0) is 29.5 Å². The summed E-state index contributed by atoms with van der Waals surface area (Å²) >= 11 is 0. The van der Waals surface area contributed by atoms with Gasteiger partial charge in [-0.15, -0.1) is 0 Å². The first-order valence-electron chi connectivity index (χ1n) is 9.30. The smallest absolute Gasteiger partial charge is 0.325 e. The third-order valence-corrected chi connectivity index (χ3v) is 5.65. The lowest BCUT2D eigenvalue weighted by Gasteiger charge is -2.30. The molecule has 7 heteroatoms. The number of benzene rings is 1. The molecule has 3 aliphatic rings. The fourth-order valence-corrected chi connectivity index (χ4v) is 4.17. The minimum Gasteiger partial charge on any atom is -0.350 e. The molecule has 2 heterocycles. The van der Waals surface area contributed by atoms with Crippen molar-refractivity contribution in [1.82, 2.24) is 20.9 Å². The number of hydrogen-bond acceptors (Lipinski definition) is 4. The summed E-state index contributed by atoms with van der Waals surface area (Å²) in [7, 11) is 0. The number of hydrogen-bond donors (Lipinski definition) is 3. The van der Waals surface area contributed by atoms with Crippen molar-refractivity contribution in [2.24, 2.45) is 0 Å². The maximum atomic E-state index is 12.7. The standard InChI is InChI=1S/C19H24N4O3/c24-16(21-9-13-4-5-14-10-20-11-15(14)8-13)12-23-17(25)19(22-18(23)26)6-2-1-3-7-19/h4-5,8,20H,1-3,6-7,9-12H2,(H,21,24)(H,22,26). The summed E-state index contributed by atoms with van der Waals surface area (Å²) in [6.07, 6.45) is 4.28. The number of carbonyl (C=O) groups is 3. The van der Waals surface area contributed by atoms with Crippen molar-refractivity contribution < 1.29 is 14.4 Å². The first-order valence-corrected chi connectivity index (χ1v) is 9.30. The summed E-state index contributed by atoms with van der Waals surface area (Å²) in [5.41, 5.74) is 2.78. The van der Waals surface area contributed by atoms with E-state index in [1.165, 1.54) is 11.1 Å². The molecule has 2 fully saturated rings. The number of fused-ring (bicyclic) bond motifs is 1. The molecule has 0 aromatic heterocycles. The zero-order chi connectivity index (χ0) is 18.1. The van der Waals surface area contributed by atoms with E-state index in [9.17, 15) is 14.4 Å². The van der Waals surface area contributed by atoms with E-state index in [1.54, 1.807) is 0 Å². The van der Waals surface area contributed by atoms with Gasteiger partial charge in [0, 0.05) is 19.6 Å². The molecule has 3 N–H and O–H groups in total. The van der Waals surface area contributed by atoms with Crippen LogP contribution in [0, 0.1) is 0 Å². The topological polar surface area (TPSA) is 90.5 Å². The van der Waals surface area contributed by atoms with E-state index in [0.717, 1.165) is 42.8 Å². The van der Waals surface area contributed by atoms with Gasteiger partial charge in [0.05, 0.1) is 0 Å². The lowest BCUT2D eigenvalue weighted by atomic mass is 9.82. The molecule has 4 rings (SSSR count). The SMILES string of the molecule is O=C(CN1C(=O)NC2(CCCCC2)C1=O)NCc1ccc2c(c1)CNC2. The van der Waals surface area contributed by atoms with Gasteiger partial charge in [0.15, 0.2) is 0 Å². The number of rotatable bonds is 4. The summed E-state index contributed by atoms with van der Waals surface area (Å²) in [4.78, 5) is 38.2. The third-order valence-electron chi connectivity index (χ3n) is 5.65. The Labute approximate surface area is 152 Å². The lowest BCUT2D eigenvalue weighted by Crippen LogP contribution is -2.49. The van der Waals surface area contributed by atoms with E-state index in [-0.39, 0.29) is 18.4 Å². The van der Waals surface area contributed by atoms with Gasteiger partial charge in [0.25, 0.3) is 5.91 Å². The second-order valence-corrected chi connectivity index (χ2v) is 7.45. The number of carbonyl (C=O) groups excluding carboxylic acids is 3. The van der Waals surface area contributed by atoms with E-state index in [2.05, 4.69) is 28.1 Å². The van der Waals surface area contributed by atoms with Crippen LogP contribution in [0.2, 0.25) is 0 Å². The average molecular weight is 356 g/mol. The van der Waals surface area contributed by atoms with Crippen LogP contribution >= 0.6 is 0 Å². The largest absolute Gasteiger partial charge is 0.350 e. The van der Waals surface area contributed by atoms with Crippen LogP contribution in [0.15, 0.2) is 18.2 Å². The molecule has 1 saturated heterocycles. The van der Waals surface area contributed by atoms with Crippen LogP contribution in [0.3, 0.4) is 0 Å². The predicted molar refractivity (Wildman–Crippen MR) is 94.9 cm³/mol. The quantitative estimate of drug-likeness (QED) is 0.706. The average Bonchev–Trinajstić information content (AvgIpc) is 3.19. The van der Waals surface area contributed by atoms with Gasteiger partial charge in [0.2, 0.25) is 5.91 Å². The molecule has 1 saturated carbocycles. The minimum atomic E-state index is -0.775. The Morgan fingerprint density at radius 2 is 1.88 bits per heavy atom. The van der Waals surface area contributed by atoms with Crippen molar-refractivity contribution in [3.05, 3.63) is 34.9 Å². The van der Waals surface area contributed by atoms with Crippen molar-refractivity contribution in [2.75, 3.05) is 6.54 Å². The minimum absolute atomic E-state index is 0.223. The summed E-state index contributed by atoms with van der Waals surface area (Å²) in [5, 5.41) is 8.93. The van der Waals surface area contributed by atoms with Gasteiger partial charge < -0.3 is 16.0 Å². The van der Waals surface area contributed by atoms with E-state index in [1.807, 2.05) is 6.07 Å². The highest BCUT2D eigenvalue weighted by atomic mass is 16.2. The zero-order valence-corrected chi connectivity index (χ0v) is 14.8. The first-order chi connectivity index (χ1) is 12.6. The fourth-order valence-electron chi connectivity index (χ4n) is 4.17. The van der Waals surface area contributed by atoms with Gasteiger partial charge in [0.1, 0.15) is 12.1 Å². The van der Waals surface area contributed by atoms with Gasteiger partial charge in [-0.1, -0.05) is 37.5 Å². The first kappa shape index (κ1) is 17.0. The monoisotopic (exact) mass is 356 g/mol. The normalized spacial score (nSPS) is 21.0. The summed E-state index contributed by atoms with van der Waals surface area (Å²) in [6, 6.07) is 5.70. The Balaban J connectivity index is 1.34. The van der Waals surface area contributed by atoms with E-state index in [0.29, 0.717) is 19.4 Å². The van der Waals surface area contributed by atoms with E-state index >= 15 is 0 Å². The second kappa shape index (κ2) is 6.72. The number of amides is 4. The fraction of sp³-hybridized carbons (Fsp3) is 0.526. The Morgan fingerprint density at radius 1 is 1.12 bits per heavy atom. The summed E-state index contributed by atoms with van der Waals surface area (Å²) in [6.45, 7) is 1.90. The molecule has 1 aromatic rings. The number of imide groups is 1. The Hall–Kier alpha value is -2.41. The van der Waals surface area contributed by atoms with Crippen LogP contribution in [0.1, 0.15) is 48.8 Å². The molecule has 4 amide bonds. The van der Waals surface area contributed by atoms with Crippen molar-refractivity contribution in [1.29, 1.82) is 0 Å². The van der Waals surface area contributed by atoms with Crippen LogP contribution in [0.5, 0.6) is 0 Å². The summed E-state index contributed by atoms with van der Waals surface area (Å²) in [5.74, 6) is -0.569. The molecule has 0 unspecified atom stereocenters. The molecule has 0 bridgehead atoms. The molecular formula is C19H24N4O3. The third kappa shape index (κ3) is 3.07. The highest BCUT2D eigenvalue weighted by molar-refractivity contribution is 6.09. The maximum Gasteiger partial charge on any atom is 0.325 e. The van der Waals surface area contributed by atoms with Crippen molar-refractivity contribution in [2.45, 2.75) is 57.3 Å². The number of urea groups is 1. The maximum absolute atomic E-state index is 12.7. The number of nitrogens with one attached hydrogen (secondary N) is 3. The Kier molecular flexibility index (Phi) is 4.40. The van der Waals surface area contributed by atoms with E-state index < -0.39 is 11.6 Å². The molecule has 1 aliphatic carbocycles. The zero-order valence-electron chi connectivity index (χ0n) is 14.8. The second-order valence-electron chi connectivity index (χ2n) is 7.45. The molecule has 26 heavy (non-hydrogen) atoms. The van der Waals surface area contributed by atoms with Crippen LogP contribution < -0.4 is 16.0 Å². The van der Waals surface area contributed by atoms with Crippen molar-refractivity contribution in [3.8, 4) is 0 Å². The predicted octanol–water partition coefficient (Wildman–Crippen LogP) is 1.16. The van der Waals surface area contributed by atoms with Crippen molar-refractivity contribution >= 4 is 17.8 Å². The van der Waals surface area contributed by atoms with Gasteiger partial charge in [-0.25, -0.2) is 4.79 Å². The van der Waals surface area contributed by atoms with Crippen LogP contribution in [0.25, 0.3) is 0 Å². The summed E-state index contributed by atoms with van der Waals surface area (Å²) < 4.78 is 0. The van der Waals surface area contributed by atoms with Gasteiger partial charge >= 0.3 is 6.03 Å². The highest BCUT2D eigenvalue weighted by Crippen LogP contribution is 2.33. The molecule has 1 spiro atoms. The Bertz CT molecular complexity index is 755. The lowest BCUT2D eigenvalue weighted by molar-refractivity contribution is -0.135. The van der Waals surface area contributed by atoms with Gasteiger partial charge in [-0.3, -0.25) is 14.5 Å². The van der Waals surface area contributed by atoms with Crippen LogP contribution in [-0.2, 0) is 29.2 Å². The molecule has 7 nitrogen and oxygen atoms in total. The Morgan fingerprint density at radius 3 is 2.69 bits per heavy atom. The van der Waals surface area contributed by atoms with E-state index in [4.69, 9.17) is 0 Å². The molecule has 138 valence electrons. The molecule has 1 aromatic carbocycles. The van der Waals surface area contributed by atoms with Crippen LogP contribution in [0.4, 0.5) is 4.79 Å². The molecule has 2 aliphatic heterocycles.